The van der Waals surface area contributed by atoms with Gasteiger partial charge in [-0.05, 0) is 12.1 Å². The summed E-state index contributed by atoms with van der Waals surface area (Å²) in [6.45, 7) is 2.08. The largest absolute Gasteiger partial charge is 0.433 e. The number of hydrogen-bond acceptors (Lipinski definition) is 5. The van der Waals surface area contributed by atoms with Gasteiger partial charge in [0.1, 0.15) is 0 Å². The maximum atomic E-state index is 12.5. The molecule has 1 aromatic carbocycles. The molecule has 2 fully saturated rings. The van der Waals surface area contributed by atoms with E-state index in [1.54, 1.807) is 12.1 Å². The molecule has 2 aliphatic rings. The highest BCUT2D eigenvalue weighted by molar-refractivity contribution is 5.64. The third kappa shape index (κ3) is 3.19. The van der Waals surface area contributed by atoms with Crippen LogP contribution in [0.25, 0.3) is 0 Å². The van der Waals surface area contributed by atoms with Crippen molar-refractivity contribution in [2.24, 2.45) is 0 Å². The molecule has 0 saturated carbocycles. The van der Waals surface area contributed by atoms with Crippen molar-refractivity contribution in [3.8, 4) is 5.75 Å². The Morgan fingerprint density at radius 3 is 2.48 bits per heavy atom. The van der Waals surface area contributed by atoms with E-state index < -0.39 is 6.61 Å². The Labute approximate surface area is 122 Å². The van der Waals surface area contributed by atoms with E-state index in [1.165, 1.54) is 6.07 Å². The minimum atomic E-state index is -2.85. The monoisotopic (exact) mass is 299 g/mol. The third-order valence-electron chi connectivity index (χ3n) is 3.99. The molecule has 116 valence electrons. The Balaban J connectivity index is 1.69. The van der Waals surface area contributed by atoms with Gasteiger partial charge < -0.3 is 20.1 Å². The first kappa shape index (κ1) is 14.3. The molecule has 1 aromatic rings. The Morgan fingerprint density at radius 1 is 1.19 bits per heavy atom. The Hall–Kier alpha value is -1.60. The fraction of sp³-hybridized carbons (Fsp3) is 0.571. The lowest BCUT2D eigenvalue weighted by Crippen LogP contribution is -2.56. The van der Waals surface area contributed by atoms with Gasteiger partial charge in [-0.25, -0.2) is 0 Å². The van der Waals surface area contributed by atoms with Crippen LogP contribution in [0.1, 0.15) is 0 Å². The number of alkyl halides is 2. The second kappa shape index (κ2) is 6.03. The summed E-state index contributed by atoms with van der Waals surface area (Å²) in [6, 6.07) is 5.41. The average molecular weight is 299 g/mol. The molecule has 0 spiro atoms. The lowest BCUT2D eigenvalue weighted by molar-refractivity contribution is -0.0663. The van der Waals surface area contributed by atoms with Crippen molar-refractivity contribution < 1.29 is 18.3 Å². The summed E-state index contributed by atoms with van der Waals surface area (Å²) in [5.41, 5.74) is 6.75. The number of rotatable bonds is 4. The van der Waals surface area contributed by atoms with Crippen LogP contribution < -0.4 is 15.4 Å². The Morgan fingerprint density at radius 2 is 1.90 bits per heavy atom. The van der Waals surface area contributed by atoms with Gasteiger partial charge in [-0.15, -0.1) is 0 Å². The van der Waals surface area contributed by atoms with Crippen molar-refractivity contribution in [3.05, 3.63) is 18.2 Å². The zero-order valence-corrected chi connectivity index (χ0v) is 11.7. The van der Waals surface area contributed by atoms with Crippen LogP contribution in [0, 0.1) is 0 Å². The molecule has 2 aliphatic heterocycles. The smallest absolute Gasteiger partial charge is 0.387 e. The molecule has 21 heavy (non-hydrogen) atoms. The molecule has 7 heteroatoms. The molecule has 2 saturated heterocycles. The van der Waals surface area contributed by atoms with Crippen LogP contribution in [0.15, 0.2) is 18.2 Å². The van der Waals surface area contributed by atoms with Crippen molar-refractivity contribution in [1.82, 2.24) is 4.90 Å². The number of ether oxygens (including phenoxy) is 2. The highest BCUT2D eigenvalue weighted by Crippen LogP contribution is 2.32. The molecular weight excluding hydrogens is 280 g/mol. The van der Waals surface area contributed by atoms with Gasteiger partial charge in [0.2, 0.25) is 0 Å². The normalized spacial score (nSPS) is 20.6. The SMILES string of the molecule is Nc1ccc(N2CCN(C3COC3)CC2)c(OC(F)F)c1. The van der Waals surface area contributed by atoms with Crippen LogP contribution in [0.3, 0.4) is 0 Å². The van der Waals surface area contributed by atoms with Crippen LogP contribution in [0.2, 0.25) is 0 Å². The lowest BCUT2D eigenvalue weighted by Gasteiger charge is -2.43. The molecular formula is C14H19F2N3O2. The second-order valence-electron chi connectivity index (χ2n) is 5.32. The number of nitrogens with two attached hydrogens (primary N) is 1. The summed E-state index contributed by atoms with van der Waals surface area (Å²) in [7, 11) is 0. The van der Waals surface area contributed by atoms with E-state index in [0.717, 1.165) is 39.4 Å². The first-order chi connectivity index (χ1) is 10.1. The molecule has 0 unspecified atom stereocenters. The fourth-order valence-corrected chi connectivity index (χ4v) is 2.74. The van der Waals surface area contributed by atoms with Gasteiger partial charge in [0.15, 0.2) is 5.75 Å². The van der Waals surface area contributed by atoms with Crippen LogP contribution in [0.5, 0.6) is 5.75 Å². The van der Waals surface area contributed by atoms with E-state index in [9.17, 15) is 8.78 Å². The number of benzene rings is 1. The van der Waals surface area contributed by atoms with E-state index in [1.807, 2.05) is 0 Å². The van der Waals surface area contributed by atoms with E-state index in [0.29, 0.717) is 17.4 Å². The topological polar surface area (TPSA) is 51.0 Å². The van der Waals surface area contributed by atoms with E-state index in [2.05, 4.69) is 14.5 Å². The standard InChI is InChI=1S/C14H19F2N3O2/c15-14(16)21-13-7-10(17)1-2-12(13)19-5-3-18(4-6-19)11-8-20-9-11/h1-2,7,11,14H,3-6,8-9,17H2. The van der Waals surface area contributed by atoms with E-state index >= 15 is 0 Å². The van der Waals surface area contributed by atoms with Gasteiger partial charge >= 0.3 is 6.61 Å². The maximum Gasteiger partial charge on any atom is 0.387 e. The molecule has 3 rings (SSSR count). The average Bonchev–Trinajstić information content (AvgIpc) is 2.37. The zero-order chi connectivity index (χ0) is 14.8. The van der Waals surface area contributed by atoms with Crippen molar-refractivity contribution in [2.75, 3.05) is 50.0 Å². The summed E-state index contributed by atoms with van der Waals surface area (Å²) in [4.78, 5) is 4.44. The molecule has 0 amide bonds. The number of piperazine rings is 1. The number of halogens is 2. The van der Waals surface area contributed by atoms with Crippen molar-refractivity contribution in [1.29, 1.82) is 0 Å². The van der Waals surface area contributed by atoms with E-state index in [-0.39, 0.29) is 5.75 Å². The first-order valence-corrected chi connectivity index (χ1v) is 7.04. The minimum absolute atomic E-state index is 0.144. The summed E-state index contributed by atoms with van der Waals surface area (Å²) in [5, 5.41) is 0. The molecule has 0 bridgehead atoms. The van der Waals surface area contributed by atoms with Crippen LogP contribution >= 0.6 is 0 Å². The predicted octanol–water partition coefficient (Wildman–Crippen LogP) is 1.39. The maximum absolute atomic E-state index is 12.5. The summed E-state index contributed by atoms with van der Waals surface area (Å²) in [5.74, 6) is 0.144. The van der Waals surface area contributed by atoms with Crippen LogP contribution in [0.4, 0.5) is 20.2 Å². The van der Waals surface area contributed by atoms with Crippen LogP contribution in [-0.2, 0) is 4.74 Å². The third-order valence-corrected chi connectivity index (χ3v) is 3.99. The summed E-state index contributed by atoms with van der Waals surface area (Å²) < 4.78 is 34.8. The first-order valence-electron chi connectivity index (χ1n) is 7.04. The molecule has 0 aromatic heterocycles. The highest BCUT2D eigenvalue weighted by atomic mass is 19.3. The summed E-state index contributed by atoms with van der Waals surface area (Å²) in [6.07, 6.45) is 0. The highest BCUT2D eigenvalue weighted by Gasteiger charge is 2.29. The van der Waals surface area contributed by atoms with Crippen molar-refractivity contribution >= 4 is 11.4 Å². The Kier molecular flexibility index (Phi) is 4.12. The minimum Gasteiger partial charge on any atom is -0.433 e. The molecule has 2 N–H and O–H groups in total. The number of hydrogen-bond donors (Lipinski definition) is 1. The molecule has 0 radical (unpaired) electrons. The van der Waals surface area contributed by atoms with Crippen molar-refractivity contribution in [2.45, 2.75) is 12.7 Å². The van der Waals surface area contributed by atoms with Gasteiger partial charge in [0.25, 0.3) is 0 Å². The van der Waals surface area contributed by atoms with Gasteiger partial charge in [-0.1, -0.05) is 0 Å². The van der Waals surface area contributed by atoms with Crippen molar-refractivity contribution in [3.63, 3.8) is 0 Å². The number of nitrogen functional groups attached to an aromatic ring is 1. The lowest BCUT2D eigenvalue weighted by atomic mass is 10.1. The van der Waals surface area contributed by atoms with Gasteiger partial charge in [-0.2, -0.15) is 8.78 Å². The number of nitrogens with zero attached hydrogens (tertiary/aromatic N) is 2. The Bertz CT molecular complexity index is 489. The molecule has 5 nitrogen and oxygen atoms in total. The molecule has 0 atom stereocenters. The quantitative estimate of drug-likeness (QED) is 0.852. The second-order valence-corrected chi connectivity index (χ2v) is 5.32. The van der Waals surface area contributed by atoms with Gasteiger partial charge in [-0.3, -0.25) is 4.90 Å². The number of anilines is 2. The van der Waals surface area contributed by atoms with Crippen LogP contribution in [-0.4, -0.2) is 56.9 Å². The molecule has 0 aliphatic carbocycles. The fourth-order valence-electron chi connectivity index (χ4n) is 2.74. The van der Waals surface area contributed by atoms with Gasteiger partial charge in [0, 0.05) is 37.9 Å². The zero-order valence-electron chi connectivity index (χ0n) is 11.7. The predicted molar refractivity (Wildman–Crippen MR) is 75.9 cm³/mol. The van der Waals surface area contributed by atoms with E-state index in [4.69, 9.17) is 10.5 Å². The summed E-state index contributed by atoms with van der Waals surface area (Å²) >= 11 is 0. The van der Waals surface area contributed by atoms with Gasteiger partial charge in [0.05, 0.1) is 24.9 Å². The molecule has 2 heterocycles.